The zero-order valence-electron chi connectivity index (χ0n) is 14.0. The van der Waals surface area contributed by atoms with Gasteiger partial charge in [0.1, 0.15) is 11.6 Å². The summed E-state index contributed by atoms with van der Waals surface area (Å²) in [5, 5.41) is 2.84. The van der Waals surface area contributed by atoms with E-state index < -0.39 is 0 Å². The number of carbonyl (C=O) groups excluding carboxylic acids is 1. The minimum atomic E-state index is -0.271. The SMILES string of the molecule is COc1ccc(NC(=O)c2ccc(SNc3ccc(F)cc3)cc2)cc1. The van der Waals surface area contributed by atoms with E-state index in [4.69, 9.17) is 4.74 Å². The Kier molecular flexibility index (Phi) is 5.76. The molecule has 4 nitrogen and oxygen atoms in total. The molecule has 0 spiro atoms. The van der Waals surface area contributed by atoms with Crippen LogP contribution in [0.2, 0.25) is 0 Å². The van der Waals surface area contributed by atoms with Crippen molar-refractivity contribution in [3.63, 3.8) is 0 Å². The number of nitrogens with one attached hydrogen (secondary N) is 2. The Bertz CT molecular complexity index is 866. The van der Waals surface area contributed by atoms with Gasteiger partial charge in [-0.2, -0.15) is 0 Å². The minimum absolute atomic E-state index is 0.182. The van der Waals surface area contributed by atoms with Crippen LogP contribution in [0.25, 0.3) is 0 Å². The topological polar surface area (TPSA) is 50.4 Å². The third-order valence-corrected chi connectivity index (χ3v) is 4.44. The first kappa shape index (κ1) is 17.8. The summed E-state index contributed by atoms with van der Waals surface area (Å²) in [6, 6.07) is 20.5. The molecule has 0 saturated heterocycles. The van der Waals surface area contributed by atoms with Crippen LogP contribution in [0.1, 0.15) is 10.4 Å². The number of rotatable bonds is 6. The molecule has 3 rings (SSSR count). The van der Waals surface area contributed by atoms with Crippen LogP contribution >= 0.6 is 11.9 Å². The highest BCUT2D eigenvalue weighted by atomic mass is 32.2. The third kappa shape index (κ3) is 4.77. The lowest BCUT2D eigenvalue weighted by Gasteiger charge is -2.08. The van der Waals surface area contributed by atoms with Gasteiger partial charge in [-0.1, -0.05) is 0 Å². The Morgan fingerprint density at radius 3 is 2.12 bits per heavy atom. The lowest BCUT2D eigenvalue weighted by Crippen LogP contribution is -2.11. The fraction of sp³-hybridized carbons (Fsp3) is 0.0500. The van der Waals surface area contributed by atoms with E-state index in [0.29, 0.717) is 11.3 Å². The standard InChI is InChI=1S/C20H17FN2O2S/c1-25-18-10-8-16(9-11-18)22-20(24)14-2-12-19(13-3-14)26-23-17-6-4-15(21)5-7-17/h2-13,23H,1H3,(H,22,24). The number of benzene rings is 3. The molecule has 0 aliphatic rings. The summed E-state index contributed by atoms with van der Waals surface area (Å²) in [4.78, 5) is 13.2. The van der Waals surface area contributed by atoms with E-state index in [1.807, 2.05) is 12.1 Å². The van der Waals surface area contributed by atoms with E-state index >= 15 is 0 Å². The van der Waals surface area contributed by atoms with Gasteiger partial charge >= 0.3 is 0 Å². The second kappa shape index (κ2) is 8.40. The third-order valence-electron chi connectivity index (χ3n) is 3.60. The fourth-order valence-electron chi connectivity index (χ4n) is 2.19. The van der Waals surface area contributed by atoms with Crippen molar-refractivity contribution in [1.29, 1.82) is 0 Å². The molecular weight excluding hydrogens is 351 g/mol. The molecule has 0 saturated carbocycles. The van der Waals surface area contributed by atoms with Crippen LogP contribution in [0.15, 0.2) is 77.7 Å². The predicted molar refractivity (Wildman–Crippen MR) is 103 cm³/mol. The molecule has 2 N–H and O–H groups in total. The van der Waals surface area contributed by atoms with Crippen molar-refractivity contribution < 1.29 is 13.9 Å². The summed E-state index contributed by atoms with van der Waals surface area (Å²) >= 11 is 1.39. The molecule has 6 heteroatoms. The van der Waals surface area contributed by atoms with Crippen LogP contribution in [0.5, 0.6) is 5.75 Å². The Morgan fingerprint density at radius 2 is 1.50 bits per heavy atom. The van der Waals surface area contributed by atoms with Crippen LogP contribution < -0.4 is 14.8 Å². The van der Waals surface area contributed by atoms with Gasteiger partial charge in [-0.25, -0.2) is 4.39 Å². The first-order valence-electron chi connectivity index (χ1n) is 7.88. The molecule has 1 amide bonds. The molecule has 0 fully saturated rings. The van der Waals surface area contributed by atoms with Crippen molar-refractivity contribution in [3.8, 4) is 5.75 Å². The van der Waals surface area contributed by atoms with Gasteiger partial charge in [-0.05, 0) is 84.7 Å². The molecule has 26 heavy (non-hydrogen) atoms. The average molecular weight is 368 g/mol. The van der Waals surface area contributed by atoms with E-state index in [-0.39, 0.29) is 11.7 Å². The zero-order chi connectivity index (χ0) is 18.4. The van der Waals surface area contributed by atoms with E-state index in [2.05, 4.69) is 10.0 Å². The number of anilines is 2. The monoisotopic (exact) mass is 368 g/mol. The van der Waals surface area contributed by atoms with Crippen LogP contribution in [0.3, 0.4) is 0 Å². The largest absolute Gasteiger partial charge is 0.497 e. The number of carbonyl (C=O) groups is 1. The Morgan fingerprint density at radius 1 is 0.885 bits per heavy atom. The van der Waals surface area contributed by atoms with Gasteiger partial charge in [0, 0.05) is 21.8 Å². The second-order valence-electron chi connectivity index (χ2n) is 5.42. The van der Waals surface area contributed by atoms with Gasteiger partial charge in [0.15, 0.2) is 0 Å². The van der Waals surface area contributed by atoms with Gasteiger partial charge in [-0.3, -0.25) is 4.79 Å². The molecule has 132 valence electrons. The normalized spacial score (nSPS) is 10.2. The van der Waals surface area contributed by atoms with Crippen LogP contribution in [-0.4, -0.2) is 13.0 Å². The van der Waals surface area contributed by atoms with Crippen molar-refractivity contribution in [2.45, 2.75) is 4.90 Å². The van der Waals surface area contributed by atoms with Crippen molar-refractivity contribution >= 4 is 29.2 Å². The quantitative estimate of drug-likeness (QED) is 0.587. The fourth-order valence-corrected chi connectivity index (χ4v) is 2.83. The summed E-state index contributed by atoms with van der Waals surface area (Å²) in [6.45, 7) is 0. The summed E-state index contributed by atoms with van der Waals surface area (Å²) in [5.41, 5.74) is 2.07. The molecule has 0 bridgehead atoms. The van der Waals surface area contributed by atoms with E-state index in [9.17, 15) is 9.18 Å². The number of hydrogen-bond acceptors (Lipinski definition) is 4. The first-order chi connectivity index (χ1) is 12.6. The molecule has 3 aromatic carbocycles. The Hall–Kier alpha value is -2.99. The highest BCUT2D eigenvalue weighted by Crippen LogP contribution is 2.22. The summed E-state index contributed by atoms with van der Waals surface area (Å²) in [7, 11) is 1.60. The van der Waals surface area contributed by atoms with Crippen molar-refractivity contribution in [2.24, 2.45) is 0 Å². The lowest BCUT2D eigenvalue weighted by atomic mass is 10.2. The number of hydrogen-bond donors (Lipinski definition) is 2. The predicted octanol–water partition coefficient (Wildman–Crippen LogP) is 5.21. The van der Waals surface area contributed by atoms with E-state index in [1.165, 1.54) is 24.1 Å². The summed E-state index contributed by atoms with van der Waals surface area (Å²) < 4.78 is 21.1. The highest BCUT2D eigenvalue weighted by Gasteiger charge is 2.06. The van der Waals surface area contributed by atoms with Crippen molar-refractivity contribution in [3.05, 3.63) is 84.2 Å². The second-order valence-corrected chi connectivity index (χ2v) is 6.30. The van der Waals surface area contributed by atoms with Crippen molar-refractivity contribution in [1.82, 2.24) is 0 Å². The van der Waals surface area contributed by atoms with Crippen LogP contribution in [-0.2, 0) is 0 Å². The maximum Gasteiger partial charge on any atom is 0.255 e. The summed E-state index contributed by atoms with van der Waals surface area (Å²) in [6.07, 6.45) is 0. The molecule has 0 heterocycles. The lowest BCUT2D eigenvalue weighted by molar-refractivity contribution is 0.102. The zero-order valence-corrected chi connectivity index (χ0v) is 14.8. The van der Waals surface area contributed by atoms with Crippen molar-refractivity contribution in [2.75, 3.05) is 17.1 Å². The van der Waals surface area contributed by atoms with Gasteiger partial charge in [-0.15, -0.1) is 0 Å². The summed E-state index contributed by atoms with van der Waals surface area (Å²) in [5.74, 6) is 0.281. The molecule has 3 aromatic rings. The highest BCUT2D eigenvalue weighted by molar-refractivity contribution is 8.00. The number of amides is 1. The number of ether oxygens (including phenoxy) is 1. The van der Waals surface area contributed by atoms with Gasteiger partial charge in [0.2, 0.25) is 0 Å². The number of halogens is 1. The molecule has 0 aliphatic heterocycles. The van der Waals surface area contributed by atoms with E-state index in [1.54, 1.807) is 55.6 Å². The number of methoxy groups -OCH3 is 1. The molecule has 0 aliphatic carbocycles. The van der Waals surface area contributed by atoms with Gasteiger partial charge in [0.25, 0.3) is 5.91 Å². The molecule has 0 unspecified atom stereocenters. The Labute approximate surface area is 155 Å². The van der Waals surface area contributed by atoms with Crippen LogP contribution in [0.4, 0.5) is 15.8 Å². The Balaban J connectivity index is 1.57. The van der Waals surface area contributed by atoms with Gasteiger partial charge < -0.3 is 14.8 Å². The first-order valence-corrected chi connectivity index (χ1v) is 8.69. The van der Waals surface area contributed by atoms with Gasteiger partial charge in [0.05, 0.1) is 7.11 Å². The van der Waals surface area contributed by atoms with Crippen LogP contribution in [0, 0.1) is 5.82 Å². The maximum atomic E-state index is 12.9. The van der Waals surface area contributed by atoms with E-state index in [0.717, 1.165) is 16.3 Å². The average Bonchev–Trinajstić information content (AvgIpc) is 2.68. The molecule has 0 radical (unpaired) electrons. The minimum Gasteiger partial charge on any atom is -0.497 e. The maximum absolute atomic E-state index is 12.9. The molecule has 0 atom stereocenters. The smallest absolute Gasteiger partial charge is 0.255 e. The molecular formula is C20H17FN2O2S. The molecule has 0 aromatic heterocycles.